The summed E-state index contributed by atoms with van der Waals surface area (Å²) in [7, 11) is 0. The Morgan fingerprint density at radius 1 is 0.917 bits per heavy atom. The minimum atomic E-state index is 0. The van der Waals surface area contributed by atoms with Crippen molar-refractivity contribution in [1.82, 2.24) is 4.90 Å². The Balaban J connectivity index is 0. The van der Waals surface area contributed by atoms with Gasteiger partial charge in [0.1, 0.15) is 0 Å². The molecule has 1 aliphatic rings. The van der Waals surface area contributed by atoms with Crippen molar-refractivity contribution < 1.29 is 21.1 Å². The third-order valence-corrected chi connectivity index (χ3v) is 2.05. The molecule has 2 heteroatoms. The van der Waals surface area contributed by atoms with Gasteiger partial charge in [0.15, 0.2) is 0 Å². The van der Waals surface area contributed by atoms with Crippen LogP contribution in [0.5, 0.6) is 0 Å². The van der Waals surface area contributed by atoms with Crippen LogP contribution in [0.15, 0.2) is 0 Å². The van der Waals surface area contributed by atoms with E-state index < -0.39 is 0 Å². The van der Waals surface area contributed by atoms with Crippen LogP contribution in [0.1, 0.15) is 47.5 Å². The van der Waals surface area contributed by atoms with Gasteiger partial charge >= 0.3 is 0 Å². The van der Waals surface area contributed by atoms with E-state index in [0.717, 1.165) is 0 Å². The first-order valence-electron chi connectivity index (χ1n) is 4.86. The predicted octanol–water partition coefficient (Wildman–Crippen LogP) is 2.90. The van der Waals surface area contributed by atoms with Gasteiger partial charge in [-0.05, 0) is 46.7 Å². The quantitative estimate of drug-likeness (QED) is 0.655. The normalized spacial score (nSPS) is 17.8. The third-order valence-electron chi connectivity index (χ3n) is 2.05. The number of hydrogen-bond donors (Lipinski definition) is 0. The summed E-state index contributed by atoms with van der Waals surface area (Å²) in [6.45, 7) is 13.5. The van der Waals surface area contributed by atoms with E-state index in [1.165, 1.54) is 25.9 Å². The van der Waals surface area contributed by atoms with Crippen LogP contribution >= 0.6 is 0 Å². The van der Waals surface area contributed by atoms with Crippen molar-refractivity contribution in [3.05, 3.63) is 0 Å². The molecule has 0 aromatic heterocycles. The molecule has 1 aliphatic heterocycles. The van der Waals surface area contributed by atoms with E-state index in [0.29, 0.717) is 5.54 Å². The van der Waals surface area contributed by atoms with E-state index in [2.05, 4.69) is 25.7 Å². The second-order valence-corrected chi connectivity index (χ2v) is 3.86. The second kappa shape index (κ2) is 7.09. The Morgan fingerprint density at radius 2 is 1.25 bits per heavy atom. The van der Waals surface area contributed by atoms with Crippen LogP contribution in [0.4, 0.5) is 0 Å². The zero-order valence-corrected chi connectivity index (χ0v) is 12.1. The van der Waals surface area contributed by atoms with Crippen LogP contribution in [0, 0.1) is 0 Å². The van der Waals surface area contributed by atoms with E-state index in [1.807, 2.05) is 13.8 Å². The molecule has 12 heavy (non-hydrogen) atoms. The van der Waals surface area contributed by atoms with Crippen molar-refractivity contribution in [1.29, 1.82) is 0 Å². The fourth-order valence-corrected chi connectivity index (χ4v) is 1.39. The van der Waals surface area contributed by atoms with Crippen LogP contribution in [0.25, 0.3) is 0 Å². The van der Waals surface area contributed by atoms with Gasteiger partial charge in [-0.25, -0.2) is 0 Å². The summed E-state index contributed by atoms with van der Waals surface area (Å²) < 4.78 is 0. The first-order chi connectivity index (χ1) is 5.11. The molecule has 0 N–H and O–H groups in total. The maximum absolute atomic E-state index is 2.55. The standard InChI is InChI=1S/C8H17N.C2H6.W/c1-8(2,3)9-6-4-5-7-9;1-2;/h4-7H2,1-3H3;1-2H3;. The molecule has 74 valence electrons. The van der Waals surface area contributed by atoms with Crippen LogP contribution in [0.3, 0.4) is 0 Å². The molecule has 0 radical (unpaired) electrons. The minimum Gasteiger partial charge on any atom is -0.298 e. The molecule has 0 unspecified atom stereocenters. The number of nitrogens with zero attached hydrogens (tertiary/aromatic N) is 1. The monoisotopic (exact) mass is 341 g/mol. The average molecular weight is 341 g/mol. The molecule has 0 atom stereocenters. The largest absolute Gasteiger partial charge is 0.298 e. The van der Waals surface area contributed by atoms with Crippen molar-refractivity contribution >= 4 is 0 Å². The second-order valence-electron chi connectivity index (χ2n) is 3.86. The molecular formula is C10H23NW. The van der Waals surface area contributed by atoms with E-state index >= 15 is 0 Å². The summed E-state index contributed by atoms with van der Waals surface area (Å²) in [6, 6.07) is 0. The summed E-state index contributed by atoms with van der Waals surface area (Å²) in [6.07, 6.45) is 2.80. The smallest absolute Gasteiger partial charge is 0.0125 e. The van der Waals surface area contributed by atoms with Crippen LogP contribution in [-0.2, 0) is 21.1 Å². The number of hydrogen-bond acceptors (Lipinski definition) is 1. The SMILES string of the molecule is CC.CC(C)(C)N1CCCC1.[W]. The molecule has 0 saturated carbocycles. The Kier molecular flexibility index (Phi) is 8.94. The zero-order valence-electron chi connectivity index (χ0n) is 9.18. The van der Waals surface area contributed by atoms with Gasteiger partial charge in [-0.15, -0.1) is 0 Å². The Bertz CT molecular complexity index is 90.5. The van der Waals surface area contributed by atoms with Crippen LogP contribution in [0.2, 0.25) is 0 Å². The molecule has 1 rings (SSSR count). The topological polar surface area (TPSA) is 3.24 Å². The molecule has 0 amide bonds. The Hall–Kier alpha value is 0.648. The third kappa shape index (κ3) is 5.32. The van der Waals surface area contributed by atoms with Gasteiger partial charge in [-0.3, -0.25) is 4.90 Å². The molecule has 1 nitrogen and oxygen atoms in total. The summed E-state index contributed by atoms with van der Waals surface area (Å²) >= 11 is 0. The maximum atomic E-state index is 2.55. The fraction of sp³-hybridized carbons (Fsp3) is 1.00. The van der Waals surface area contributed by atoms with Gasteiger partial charge in [0.05, 0.1) is 0 Å². The summed E-state index contributed by atoms with van der Waals surface area (Å²) in [5, 5.41) is 0. The average Bonchev–Trinajstić information content (AvgIpc) is 2.40. The van der Waals surface area contributed by atoms with Crippen molar-refractivity contribution in [3.63, 3.8) is 0 Å². The van der Waals surface area contributed by atoms with E-state index in [9.17, 15) is 0 Å². The van der Waals surface area contributed by atoms with E-state index in [-0.39, 0.29) is 21.1 Å². The Labute approximate surface area is 92.2 Å². The van der Waals surface area contributed by atoms with Crippen molar-refractivity contribution in [2.75, 3.05) is 13.1 Å². The molecule has 0 spiro atoms. The van der Waals surface area contributed by atoms with Crippen LogP contribution < -0.4 is 0 Å². The summed E-state index contributed by atoms with van der Waals surface area (Å²) in [5.41, 5.74) is 0.413. The Morgan fingerprint density at radius 3 is 1.42 bits per heavy atom. The maximum Gasteiger partial charge on any atom is 0.0125 e. The summed E-state index contributed by atoms with van der Waals surface area (Å²) in [4.78, 5) is 2.55. The molecule has 0 aliphatic carbocycles. The van der Waals surface area contributed by atoms with Crippen molar-refractivity contribution in [2.24, 2.45) is 0 Å². The van der Waals surface area contributed by atoms with Gasteiger partial charge in [0.25, 0.3) is 0 Å². The molecule has 1 saturated heterocycles. The first-order valence-corrected chi connectivity index (χ1v) is 4.86. The number of rotatable bonds is 0. The predicted molar refractivity (Wildman–Crippen MR) is 51.9 cm³/mol. The zero-order chi connectivity index (χ0) is 8.91. The van der Waals surface area contributed by atoms with E-state index in [4.69, 9.17) is 0 Å². The summed E-state index contributed by atoms with van der Waals surface area (Å²) in [5.74, 6) is 0. The van der Waals surface area contributed by atoms with E-state index in [1.54, 1.807) is 0 Å². The van der Waals surface area contributed by atoms with Crippen molar-refractivity contribution in [3.8, 4) is 0 Å². The van der Waals surface area contributed by atoms with Gasteiger partial charge in [0, 0.05) is 26.6 Å². The fourth-order valence-electron chi connectivity index (χ4n) is 1.39. The molecular weight excluding hydrogens is 318 g/mol. The molecule has 1 heterocycles. The van der Waals surface area contributed by atoms with Crippen molar-refractivity contribution in [2.45, 2.75) is 53.0 Å². The molecule has 0 aromatic rings. The molecule has 0 aromatic carbocycles. The molecule has 1 fully saturated rings. The van der Waals surface area contributed by atoms with Gasteiger partial charge in [-0.1, -0.05) is 13.8 Å². The minimum absolute atomic E-state index is 0. The van der Waals surface area contributed by atoms with Gasteiger partial charge in [-0.2, -0.15) is 0 Å². The first kappa shape index (κ1) is 15.1. The van der Waals surface area contributed by atoms with Gasteiger partial charge in [0.2, 0.25) is 0 Å². The van der Waals surface area contributed by atoms with Gasteiger partial charge < -0.3 is 0 Å². The molecule has 0 bridgehead atoms. The number of likely N-dealkylation sites (tertiary alicyclic amines) is 1. The van der Waals surface area contributed by atoms with Crippen LogP contribution in [-0.4, -0.2) is 23.5 Å².